The number of aromatic nitrogens is 10. The number of hydrogen-bond acceptors (Lipinski definition) is 15. The quantitative estimate of drug-likeness (QED) is 0.0431. The van der Waals surface area contributed by atoms with Gasteiger partial charge in [0.15, 0.2) is 0 Å². The molecule has 0 spiro atoms. The molecule has 404 valence electrons. The summed E-state index contributed by atoms with van der Waals surface area (Å²) in [5, 5.41) is 28.4. The number of rotatable bonds is 30. The summed E-state index contributed by atoms with van der Waals surface area (Å²) in [7, 11) is 0. The molecule has 6 heterocycles. The van der Waals surface area contributed by atoms with Crippen LogP contribution in [-0.2, 0) is 46.4 Å². The summed E-state index contributed by atoms with van der Waals surface area (Å²) < 4.78 is 35.1. The lowest BCUT2D eigenvalue weighted by molar-refractivity contribution is -0.123. The Morgan fingerprint density at radius 3 is 1.29 bits per heavy atom. The zero-order valence-corrected chi connectivity index (χ0v) is 43.7. The molecule has 4 amide bonds. The third-order valence-electron chi connectivity index (χ3n) is 12.1. The third-order valence-corrected chi connectivity index (χ3v) is 12.1. The number of nitrogens with one attached hydrogen (secondary N) is 4. The molecule has 0 fully saturated rings. The van der Waals surface area contributed by atoms with Gasteiger partial charge in [0, 0.05) is 83.6 Å². The Balaban J connectivity index is 0.571. The van der Waals surface area contributed by atoms with Gasteiger partial charge in [-0.05, 0) is 76.2 Å². The monoisotopic (exact) mass is 1050 g/mol. The summed E-state index contributed by atoms with van der Waals surface area (Å²) in [6, 6.07) is 22.3. The van der Waals surface area contributed by atoms with Crippen molar-refractivity contribution in [2.24, 2.45) is 0 Å². The molecule has 4 N–H and O–H groups in total. The van der Waals surface area contributed by atoms with Gasteiger partial charge >= 0.3 is 0 Å². The van der Waals surface area contributed by atoms with Crippen molar-refractivity contribution in [3.05, 3.63) is 131 Å². The molecule has 0 aliphatic carbocycles. The van der Waals surface area contributed by atoms with Crippen molar-refractivity contribution >= 4 is 46.3 Å². The normalized spacial score (nSPS) is 11.4. The van der Waals surface area contributed by atoms with E-state index in [2.05, 4.69) is 51.9 Å². The molecule has 8 rings (SSSR count). The molecule has 23 heteroatoms. The van der Waals surface area contributed by atoms with E-state index < -0.39 is 0 Å². The van der Waals surface area contributed by atoms with Gasteiger partial charge in [0.1, 0.15) is 22.7 Å². The number of carbonyl (C=O) groups excluding carboxylic acids is 4. The van der Waals surface area contributed by atoms with Gasteiger partial charge in [-0.25, -0.2) is 19.3 Å². The van der Waals surface area contributed by atoms with E-state index in [1.807, 2.05) is 122 Å². The second-order valence-corrected chi connectivity index (χ2v) is 18.0. The predicted molar refractivity (Wildman–Crippen MR) is 286 cm³/mol. The minimum atomic E-state index is -0.234. The number of amides is 4. The molecule has 0 saturated heterocycles. The molecule has 0 aliphatic rings. The van der Waals surface area contributed by atoms with Gasteiger partial charge in [-0.2, -0.15) is 0 Å². The van der Waals surface area contributed by atoms with Crippen molar-refractivity contribution < 1.29 is 42.9 Å². The average molecular weight is 1050 g/mol. The first-order valence-corrected chi connectivity index (χ1v) is 25.4. The van der Waals surface area contributed by atoms with E-state index in [1.54, 1.807) is 21.5 Å². The fourth-order valence-corrected chi connectivity index (χ4v) is 8.16. The number of ether oxygens (including phenoxy) is 5. The number of fused-ring (bicyclic) bond motifs is 2. The number of hydrogen-bond donors (Lipinski definition) is 4. The minimum absolute atomic E-state index is 0.150. The standard InChI is InChI=1S/C54H64N14O9/c1-37-33-39(3)67-19-13-45(51(67)57-37)53(71)59-43-9-5-41(6-10-43)47-35-65(63-61-47)21-27-76-31-29-73-23-15-49(69)55-17-25-75-26-18-56-50(70)16-24-74-30-32-77-28-22-66-36-48(62-64-66)42-7-11-44(12-8-42)60-54(72)46-14-20-68-40(4)34-38(2)58-52(46)68/h5-14,19-20,33-36H,15-18,21-32H2,1-4H3,(H,55,69)(H,56,70)(H,59,71)(H,60,72). The van der Waals surface area contributed by atoms with E-state index >= 15 is 0 Å². The Morgan fingerprint density at radius 2 is 0.870 bits per heavy atom. The Bertz CT molecular complexity index is 3020. The summed E-state index contributed by atoms with van der Waals surface area (Å²) in [4.78, 5) is 59.5. The highest BCUT2D eigenvalue weighted by Gasteiger charge is 2.17. The molecule has 2 aromatic carbocycles. The van der Waals surface area contributed by atoms with Crippen LogP contribution in [0.25, 0.3) is 33.8 Å². The molecule has 8 aromatic rings. The van der Waals surface area contributed by atoms with Gasteiger partial charge in [0.25, 0.3) is 11.8 Å². The lowest BCUT2D eigenvalue weighted by Gasteiger charge is -2.09. The first-order chi connectivity index (χ1) is 37.5. The van der Waals surface area contributed by atoms with Crippen molar-refractivity contribution in [3.63, 3.8) is 0 Å². The molecule has 77 heavy (non-hydrogen) atoms. The van der Waals surface area contributed by atoms with Crippen molar-refractivity contribution in [3.8, 4) is 22.5 Å². The Hall–Kier alpha value is -8.22. The molecule has 0 bridgehead atoms. The Kier molecular flexibility index (Phi) is 19.7. The molecule has 0 atom stereocenters. The fourth-order valence-electron chi connectivity index (χ4n) is 8.16. The van der Waals surface area contributed by atoms with Gasteiger partial charge in [-0.1, -0.05) is 34.7 Å². The van der Waals surface area contributed by atoms with E-state index in [9.17, 15) is 19.2 Å². The van der Waals surface area contributed by atoms with E-state index in [0.29, 0.717) is 124 Å². The van der Waals surface area contributed by atoms with Gasteiger partial charge in [0.2, 0.25) is 11.8 Å². The van der Waals surface area contributed by atoms with Crippen molar-refractivity contribution in [1.29, 1.82) is 0 Å². The summed E-state index contributed by atoms with van der Waals surface area (Å²) in [5.41, 5.74) is 10.4. The summed E-state index contributed by atoms with van der Waals surface area (Å²) in [5.74, 6) is -0.768. The maximum absolute atomic E-state index is 13.0. The SMILES string of the molecule is Cc1cc(C)n2ccc(C(=O)Nc3ccc(-c4cn(CCOCCOCCC(=O)NCCOCCNC(=O)CCOCCOCCn5cc(-c6ccc(NC(=O)c7ccn8c(C)cc(C)nc78)cc6)nn5)nn4)cc3)c2n1. The van der Waals surface area contributed by atoms with Crippen LogP contribution in [0, 0.1) is 27.7 Å². The maximum Gasteiger partial charge on any atom is 0.259 e. The Morgan fingerprint density at radius 1 is 0.481 bits per heavy atom. The van der Waals surface area contributed by atoms with Crippen LogP contribution in [0.15, 0.2) is 97.6 Å². The van der Waals surface area contributed by atoms with Crippen LogP contribution in [0.1, 0.15) is 56.3 Å². The number of carbonyl (C=O) groups is 4. The molecular formula is C54H64N14O9. The molecular weight excluding hydrogens is 989 g/mol. The van der Waals surface area contributed by atoms with Gasteiger partial charge in [0.05, 0.1) is 103 Å². The number of aryl methyl sites for hydroxylation is 4. The summed E-state index contributed by atoms with van der Waals surface area (Å²) in [6.07, 6.45) is 7.77. The molecule has 0 unspecified atom stereocenters. The highest BCUT2D eigenvalue weighted by atomic mass is 16.5. The molecule has 0 radical (unpaired) electrons. The minimum Gasteiger partial charge on any atom is -0.379 e. The lowest BCUT2D eigenvalue weighted by atomic mass is 10.1. The molecule has 6 aromatic heterocycles. The van der Waals surface area contributed by atoms with Crippen molar-refractivity contribution in [2.75, 3.05) is 89.8 Å². The van der Waals surface area contributed by atoms with Crippen LogP contribution >= 0.6 is 0 Å². The topological polar surface area (TPSA) is 259 Å². The predicted octanol–water partition coefficient (Wildman–Crippen LogP) is 5.03. The zero-order valence-electron chi connectivity index (χ0n) is 43.7. The fraction of sp³-hybridized carbons (Fsp3) is 0.370. The van der Waals surface area contributed by atoms with E-state index in [-0.39, 0.29) is 49.7 Å². The van der Waals surface area contributed by atoms with Crippen LogP contribution in [0.4, 0.5) is 11.4 Å². The third kappa shape index (κ3) is 15.9. The molecule has 0 saturated carbocycles. The first kappa shape index (κ1) is 55.0. The Labute approximate surface area is 444 Å². The second kappa shape index (κ2) is 27.5. The smallest absolute Gasteiger partial charge is 0.259 e. The summed E-state index contributed by atoms with van der Waals surface area (Å²) in [6.45, 7) is 12.8. The van der Waals surface area contributed by atoms with E-state index in [1.165, 1.54) is 0 Å². The van der Waals surface area contributed by atoms with Crippen LogP contribution in [0.3, 0.4) is 0 Å². The van der Waals surface area contributed by atoms with Gasteiger partial charge in [-0.15, -0.1) is 10.2 Å². The highest BCUT2D eigenvalue weighted by molar-refractivity contribution is 6.09. The zero-order chi connectivity index (χ0) is 53.9. The lowest BCUT2D eigenvalue weighted by Crippen LogP contribution is -2.31. The average Bonchev–Trinajstić information content (AvgIpc) is 4.26. The number of nitrogens with zero attached hydrogens (tertiary/aromatic N) is 10. The van der Waals surface area contributed by atoms with E-state index in [4.69, 9.17) is 23.7 Å². The van der Waals surface area contributed by atoms with Crippen LogP contribution in [-0.4, -0.2) is 152 Å². The number of anilines is 2. The first-order valence-electron chi connectivity index (χ1n) is 25.4. The maximum atomic E-state index is 13.0. The van der Waals surface area contributed by atoms with Crippen LogP contribution in [0.5, 0.6) is 0 Å². The van der Waals surface area contributed by atoms with Crippen LogP contribution < -0.4 is 21.3 Å². The van der Waals surface area contributed by atoms with Crippen molar-refractivity contribution in [1.82, 2.24) is 59.4 Å². The summed E-state index contributed by atoms with van der Waals surface area (Å²) >= 11 is 0. The number of benzene rings is 2. The van der Waals surface area contributed by atoms with Gasteiger partial charge < -0.3 is 53.8 Å². The largest absolute Gasteiger partial charge is 0.379 e. The van der Waals surface area contributed by atoms with Gasteiger partial charge in [-0.3, -0.25) is 19.2 Å². The second-order valence-electron chi connectivity index (χ2n) is 18.0. The van der Waals surface area contributed by atoms with Crippen LogP contribution in [0.2, 0.25) is 0 Å². The van der Waals surface area contributed by atoms with Crippen molar-refractivity contribution in [2.45, 2.75) is 53.6 Å². The van der Waals surface area contributed by atoms with E-state index in [0.717, 1.165) is 33.9 Å². The highest BCUT2D eigenvalue weighted by Crippen LogP contribution is 2.23. The molecule has 0 aliphatic heterocycles. The molecule has 23 nitrogen and oxygen atoms in total.